The summed E-state index contributed by atoms with van der Waals surface area (Å²) < 4.78 is 8.17. The van der Waals surface area contributed by atoms with Gasteiger partial charge in [0.15, 0.2) is 11.3 Å². The van der Waals surface area contributed by atoms with Gasteiger partial charge in [0.2, 0.25) is 0 Å². The summed E-state index contributed by atoms with van der Waals surface area (Å²) in [6, 6.07) is 12.5. The zero-order valence-corrected chi connectivity index (χ0v) is 21.9. The summed E-state index contributed by atoms with van der Waals surface area (Å²) in [4.78, 5) is 9.78. The Hall–Kier alpha value is -2.87. The number of nitrogens with zero attached hydrogens (tertiary/aromatic N) is 4. The van der Waals surface area contributed by atoms with Crippen LogP contribution in [0.5, 0.6) is 0 Å². The topological polar surface area (TPSA) is 78.3 Å². The molecule has 3 heterocycles. The van der Waals surface area contributed by atoms with Crippen LogP contribution in [0.1, 0.15) is 38.8 Å². The molecule has 1 unspecified atom stereocenters. The van der Waals surface area contributed by atoms with Crippen LogP contribution in [0, 0.1) is 5.41 Å². The molecule has 1 aromatic carbocycles. The number of methoxy groups -OCH3 is 1. The first kappa shape index (κ1) is 23.9. The summed E-state index contributed by atoms with van der Waals surface area (Å²) in [6.07, 6.45) is 13.0. The van der Waals surface area contributed by atoms with Crippen molar-refractivity contribution in [3.8, 4) is 11.1 Å². The molecule has 2 N–H and O–H groups in total. The van der Waals surface area contributed by atoms with Crippen LogP contribution in [-0.4, -0.2) is 38.8 Å². The van der Waals surface area contributed by atoms with Gasteiger partial charge in [0.05, 0.1) is 23.0 Å². The van der Waals surface area contributed by atoms with Gasteiger partial charge in [-0.1, -0.05) is 62.4 Å². The van der Waals surface area contributed by atoms with E-state index >= 15 is 0 Å². The zero-order chi connectivity index (χ0) is 24.6. The van der Waals surface area contributed by atoms with Crippen molar-refractivity contribution < 1.29 is 4.74 Å². The Morgan fingerprint density at radius 3 is 2.74 bits per heavy atom. The minimum absolute atomic E-state index is 0.205. The molecule has 0 saturated carbocycles. The largest absolute Gasteiger partial charge is 0.383 e. The predicted octanol–water partition coefficient (Wildman–Crippen LogP) is 6.20. The monoisotopic (exact) mass is 531 g/mol. The Bertz CT molecular complexity index is 1440. The molecule has 4 aromatic rings. The summed E-state index contributed by atoms with van der Waals surface area (Å²) in [5.41, 5.74) is 12.0. The van der Waals surface area contributed by atoms with Crippen LogP contribution in [0.4, 0.5) is 0 Å². The van der Waals surface area contributed by atoms with Crippen LogP contribution in [0.3, 0.4) is 0 Å². The van der Waals surface area contributed by atoms with Gasteiger partial charge >= 0.3 is 0 Å². The fourth-order valence-corrected chi connectivity index (χ4v) is 5.40. The highest BCUT2D eigenvalue weighted by Gasteiger charge is 2.42. The molecule has 0 amide bonds. The van der Waals surface area contributed by atoms with Gasteiger partial charge in [0, 0.05) is 35.2 Å². The molecule has 0 aliphatic heterocycles. The highest BCUT2D eigenvalue weighted by atomic mass is 79.9. The Morgan fingerprint density at radius 2 is 2.00 bits per heavy atom. The third-order valence-electron chi connectivity index (χ3n) is 7.45. The molecule has 1 aliphatic carbocycles. The van der Waals surface area contributed by atoms with E-state index in [1.165, 1.54) is 0 Å². The fourth-order valence-electron chi connectivity index (χ4n) is 5.04. The Labute approximate surface area is 214 Å². The number of rotatable bonds is 6. The molecule has 0 saturated heterocycles. The second-order valence-electron chi connectivity index (χ2n) is 9.54. The minimum Gasteiger partial charge on any atom is -0.383 e. The lowest BCUT2D eigenvalue weighted by molar-refractivity contribution is 0.0611. The van der Waals surface area contributed by atoms with Crippen LogP contribution < -0.4 is 5.73 Å². The third kappa shape index (κ3) is 4.11. The number of ether oxygens (including phenoxy) is 1. The van der Waals surface area contributed by atoms with E-state index in [0.29, 0.717) is 6.61 Å². The number of halogens is 1. The lowest BCUT2D eigenvalue weighted by Gasteiger charge is -2.43. The van der Waals surface area contributed by atoms with E-state index in [1.807, 2.05) is 12.3 Å². The highest BCUT2D eigenvalue weighted by molar-refractivity contribution is 9.10. The first-order valence-electron chi connectivity index (χ1n) is 11.9. The summed E-state index contributed by atoms with van der Waals surface area (Å²) in [5.74, 6) is 0. The van der Waals surface area contributed by atoms with Crippen LogP contribution in [0.2, 0.25) is 0 Å². The van der Waals surface area contributed by atoms with Gasteiger partial charge in [-0.2, -0.15) is 9.61 Å². The van der Waals surface area contributed by atoms with Gasteiger partial charge < -0.3 is 10.5 Å². The summed E-state index contributed by atoms with van der Waals surface area (Å²) in [7, 11) is 1.72. The molecule has 7 heteroatoms. The molecular weight excluding hydrogens is 502 g/mol. The minimum atomic E-state index is -0.445. The Kier molecular flexibility index (Phi) is 6.34. The molecule has 2 atom stereocenters. The maximum absolute atomic E-state index is 6.89. The molecule has 0 bridgehead atoms. The SMILES string of the molecule is CC[C@@](N)(COC)C1(C)C=CC(c2nc3c(cnc4c(Br)cnn43)cc2-c2ccccc2)=CCC1. The van der Waals surface area contributed by atoms with E-state index in [9.17, 15) is 0 Å². The number of fused-ring (bicyclic) bond motifs is 3. The van der Waals surface area contributed by atoms with E-state index in [-0.39, 0.29) is 5.41 Å². The summed E-state index contributed by atoms with van der Waals surface area (Å²) in [5, 5.41) is 5.45. The van der Waals surface area contributed by atoms with Gasteiger partial charge in [0.1, 0.15) is 0 Å². The normalized spacial score (nSPS) is 20.1. The van der Waals surface area contributed by atoms with Gasteiger partial charge in [-0.05, 0) is 52.4 Å². The van der Waals surface area contributed by atoms with Crippen LogP contribution in [-0.2, 0) is 4.74 Å². The number of nitrogens with two attached hydrogens (primary N) is 1. The van der Waals surface area contributed by atoms with E-state index in [4.69, 9.17) is 15.5 Å². The number of pyridine rings is 1. The zero-order valence-electron chi connectivity index (χ0n) is 20.3. The number of hydrogen-bond donors (Lipinski definition) is 1. The molecule has 5 rings (SSSR count). The molecule has 0 fully saturated rings. The third-order valence-corrected chi connectivity index (χ3v) is 8.00. The molecule has 3 aromatic heterocycles. The van der Waals surface area contributed by atoms with Crippen molar-refractivity contribution in [2.75, 3.05) is 13.7 Å². The van der Waals surface area contributed by atoms with Crippen molar-refractivity contribution in [1.82, 2.24) is 19.6 Å². The summed E-state index contributed by atoms with van der Waals surface area (Å²) in [6.45, 7) is 4.89. The number of benzene rings is 1. The Balaban J connectivity index is 1.69. The average molecular weight is 532 g/mol. The summed E-state index contributed by atoms with van der Waals surface area (Å²) >= 11 is 3.54. The molecule has 1 aliphatic rings. The molecule has 35 heavy (non-hydrogen) atoms. The van der Waals surface area contributed by atoms with E-state index in [1.54, 1.807) is 17.8 Å². The van der Waals surface area contributed by atoms with Crippen molar-refractivity contribution >= 4 is 38.2 Å². The maximum atomic E-state index is 6.89. The van der Waals surface area contributed by atoms with Gasteiger partial charge in [-0.25, -0.2) is 9.97 Å². The maximum Gasteiger partial charge on any atom is 0.171 e. The standard InChI is InChI=1S/C28H30BrN5O/c1-4-28(30,18-35-3)27(2)13-8-11-20(12-14-27)24-22(19-9-6-5-7-10-19)15-21-16-31-26-23(29)17-32-34(26)25(21)33-24/h5-7,9-12,14-17H,4,8,13,18,30H2,1-3H3/t27?,28-/m1/s1. The van der Waals surface area contributed by atoms with E-state index in [2.05, 4.69) is 88.4 Å². The first-order chi connectivity index (χ1) is 16.9. The van der Waals surface area contributed by atoms with Crippen molar-refractivity contribution in [2.24, 2.45) is 11.1 Å². The second kappa shape index (κ2) is 9.30. The lowest BCUT2D eigenvalue weighted by atomic mass is 9.67. The van der Waals surface area contributed by atoms with Crippen molar-refractivity contribution in [1.29, 1.82) is 0 Å². The van der Waals surface area contributed by atoms with Gasteiger partial charge in [0.25, 0.3) is 0 Å². The van der Waals surface area contributed by atoms with E-state index < -0.39 is 5.54 Å². The fraction of sp³-hybridized carbons (Fsp3) is 0.321. The van der Waals surface area contributed by atoms with E-state index in [0.717, 1.165) is 62.8 Å². The van der Waals surface area contributed by atoms with Gasteiger partial charge in [-0.3, -0.25) is 0 Å². The second-order valence-corrected chi connectivity index (χ2v) is 10.4. The lowest BCUT2D eigenvalue weighted by Crippen LogP contribution is -2.56. The first-order valence-corrected chi connectivity index (χ1v) is 12.7. The van der Waals surface area contributed by atoms with Crippen molar-refractivity contribution in [3.05, 3.63) is 77.2 Å². The molecular formula is C28H30BrN5O. The average Bonchev–Trinajstić information content (AvgIpc) is 3.14. The highest BCUT2D eigenvalue weighted by Crippen LogP contribution is 2.42. The number of allylic oxidation sites excluding steroid dienone is 3. The van der Waals surface area contributed by atoms with Crippen LogP contribution in [0.15, 0.2) is 71.5 Å². The van der Waals surface area contributed by atoms with Crippen LogP contribution >= 0.6 is 15.9 Å². The number of hydrogen-bond acceptors (Lipinski definition) is 5. The molecule has 0 radical (unpaired) electrons. The predicted molar refractivity (Wildman–Crippen MR) is 145 cm³/mol. The molecule has 0 spiro atoms. The smallest absolute Gasteiger partial charge is 0.171 e. The quantitative estimate of drug-likeness (QED) is 0.320. The molecule has 6 nitrogen and oxygen atoms in total. The molecule has 180 valence electrons. The van der Waals surface area contributed by atoms with Crippen molar-refractivity contribution in [2.45, 2.75) is 38.6 Å². The van der Waals surface area contributed by atoms with Gasteiger partial charge in [-0.15, -0.1) is 0 Å². The Morgan fingerprint density at radius 1 is 1.20 bits per heavy atom. The van der Waals surface area contributed by atoms with Crippen molar-refractivity contribution in [3.63, 3.8) is 0 Å². The van der Waals surface area contributed by atoms with Crippen LogP contribution in [0.25, 0.3) is 33.4 Å². The number of aromatic nitrogens is 4.